The molecule has 1 N–H and O–H groups in total. The van der Waals surface area contributed by atoms with Crippen molar-refractivity contribution in [3.63, 3.8) is 0 Å². The minimum absolute atomic E-state index is 0.0260. The van der Waals surface area contributed by atoms with E-state index in [1.165, 1.54) is 7.85 Å². The average molecular weight is 194 g/mol. The predicted molar refractivity (Wildman–Crippen MR) is 55.8 cm³/mol. The molecule has 0 spiro atoms. The van der Waals surface area contributed by atoms with E-state index in [2.05, 4.69) is 10.3 Å². The molecule has 0 radical (unpaired) electrons. The van der Waals surface area contributed by atoms with Crippen molar-refractivity contribution in [2.45, 2.75) is 31.7 Å². The molecule has 4 nitrogen and oxygen atoms in total. The van der Waals surface area contributed by atoms with Crippen LogP contribution in [0.2, 0.25) is 0 Å². The lowest BCUT2D eigenvalue weighted by atomic mass is 9.86. The van der Waals surface area contributed by atoms with E-state index in [0.29, 0.717) is 5.92 Å². The SMILES string of the molecule is BC(=O)NCC1CCC(N=C=O)CC1. The Bertz CT molecular complexity index is 243. The highest BCUT2D eigenvalue weighted by atomic mass is 16.1. The summed E-state index contributed by atoms with van der Waals surface area (Å²) in [5.74, 6) is 0.579. The minimum Gasteiger partial charge on any atom is -0.365 e. The van der Waals surface area contributed by atoms with Gasteiger partial charge in [-0.25, -0.2) is 9.79 Å². The van der Waals surface area contributed by atoms with E-state index in [1.807, 2.05) is 0 Å². The van der Waals surface area contributed by atoms with E-state index in [4.69, 9.17) is 0 Å². The third-order valence-electron chi connectivity index (χ3n) is 2.69. The van der Waals surface area contributed by atoms with Crippen LogP contribution in [-0.2, 0) is 4.79 Å². The molecule has 0 aliphatic heterocycles. The summed E-state index contributed by atoms with van der Waals surface area (Å²) in [5, 5.41) is 2.82. The fourth-order valence-electron chi connectivity index (χ4n) is 1.84. The topological polar surface area (TPSA) is 58.5 Å². The molecule has 1 fully saturated rings. The number of isocyanates is 1. The summed E-state index contributed by atoms with van der Waals surface area (Å²) in [5.41, 5.74) is 0. The normalized spacial score (nSPS) is 26.3. The molecule has 0 heterocycles. The van der Waals surface area contributed by atoms with Crippen molar-refractivity contribution in [1.82, 2.24) is 5.32 Å². The second kappa shape index (κ2) is 5.60. The summed E-state index contributed by atoms with van der Waals surface area (Å²) < 4.78 is 0. The first-order valence-electron chi connectivity index (χ1n) is 5.03. The Balaban J connectivity index is 2.21. The maximum absolute atomic E-state index is 10.7. The van der Waals surface area contributed by atoms with Crippen LogP contribution in [0.15, 0.2) is 4.99 Å². The number of carbonyl (C=O) groups excluding carboxylic acids is 2. The lowest BCUT2D eigenvalue weighted by molar-refractivity contribution is 0.253. The highest BCUT2D eigenvalue weighted by molar-refractivity contribution is 6.57. The zero-order valence-corrected chi connectivity index (χ0v) is 8.45. The van der Waals surface area contributed by atoms with Crippen molar-refractivity contribution in [3.8, 4) is 0 Å². The molecule has 1 aliphatic rings. The van der Waals surface area contributed by atoms with Crippen LogP contribution in [0.4, 0.5) is 4.79 Å². The lowest BCUT2D eigenvalue weighted by Gasteiger charge is -2.25. The minimum atomic E-state index is 0.0260. The molecule has 1 aliphatic carbocycles. The van der Waals surface area contributed by atoms with Gasteiger partial charge in [0.05, 0.1) is 6.04 Å². The molecule has 0 atom stereocenters. The van der Waals surface area contributed by atoms with Gasteiger partial charge in [-0.3, -0.25) is 4.79 Å². The molecular weight excluding hydrogens is 179 g/mol. The third kappa shape index (κ3) is 3.75. The molecule has 0 aromatic heterocycles. The van der Waals surface area contributed by atoms with Crippen molar-refractivity contribution in [3.05, 3.63) is 0 Å². The molecule has 76 valence electrons. The molecule has 0 saturated heterocycles. The van der Waals surface area contributed by atoms with Gasteiger partial charge in [-0.15, -0.1) is 0 Å². The predicted octanol–water partition coefficient (Wildman–Crippen LogP) is 0.224. The van der Waals surface area contributed by atoms with Crippen molar-refractivity contribution >= 4 is 19.7 Å². The standard InChI is InChI=1S/C9H15BN2O2/c10-9(14)11-5-7-1-3-8(4-2-7)12-6-13/h7-8H,1-5,10H2,(H,11,14). The first kappa shape index (κ1) is 11.0. The van der Waals surface area contributed by atoms with Crippen molar-refractivity contribution < 1.29 is 9.59 Å². The molecule has 1 saturated carbocycles. The molecule has 14 heavy (non-hydrogen) atoms. The number of hydrogen-bond donors (Lipinski definition) is 1. The zero-order chi connectivity index (χ0) is 10.4. The molecule has 0 unspecified atom stereocenters. The van der Waals surface area contributed by atoms with Crippen LogP contribution in [-0.4, -0.2) is 32.3 Å². The van der Waals surface area contributed by atoms with Gasteiger partial charge in [0, 0.05) is 6.54 Å². The van der Waals surface area contributed by atoms with Crippen molar-refractivity contribution in [2.24, 2.45) is 10.9 Å². The number of nitrogens with zero attached hydrogens (tertiary/aromatic N) is 1. The Morgan fingerprint density at radius 2 is 2.07 bits per heavy atom. The smallest absolute Gasteiger partial charge is 0.235 e. The Labute approximate surface area is 84.6 Å². The number of nitrogens with one attached hydrogen (secondary N) is 1. The van der Waals surface area contributed by atoms with Gasteiger partial charge in [0.2, 0.25) is 13.9 Å². The number of amides is 1. The summed E-state index contributed by atoms with van der Waals surface area (Å²) in [7, 11) is 1.53. The Kier molecular flexibility index (Phi) is 4.40. The quantitative estimate of drug-likeness (QED) is 0.397. The highest BCUT2D eigenvalue weighted by Crippen LogP contribution is 2.25. The van der Waals surface area contributed by atoms with E-state index in [-0.39, 0.29) is 11.8 Å². The van der Waals surface area contributed by atoms with Crippen LogP contribution in [0.3, 0.4) is 0 Å². The highest BCUT2D eigenvalue weighted by Gasteiger charge is 2.20. The van der Waals surface area contributed by atoms with Gasteiger partial charge in [0.15, 0.2) is 5.81 Å². The summed E-state index contributed by atoms with van der Waals surface area (Å²) in [6.07, 6.45) is 5.57. The van der Waals surface area contributed by atoms with E-state index in [0.717, 1.165) is 32.2 Å². The largest absolute Gasteiger partial charge is 0.365 e. The summed E-state index contributed by atoms with van der Waals surface area (Å²) in [6.45, 7) is 0.757. The van der Waals surface area contributed by atoms with Crippen LogP contribution in [0.1, 0.15) is 25.7 Å². The van der Waals surface area contributed by atoms with Gasteiger partial charge >= 0.3 is 0 Å². The fraction of sp³-hybridized carbons (Fsp3) is 0.778. The van der Waals surface area contributed by atoms with E-state index in [9.17, 15) is 9.59 Å². The zero-order valence-electron chi connectivity index (χ0n) is 8.45. The van der Waals surface area contributed by atoms with Gasteiger partial charge in [0.1, 0.15) is 0 Å². The summed E-state index contributed by atoms with van der Waals surface area (Å²) >= 11 is 0. The first-order chi connectivity index (χ1) is 6.72. The Morgan fingerprint density at radius 1 is 1.43 bits per heavy atom. The molecule has 0 aromatic carbocycles. The van der Waals surface area contributed by atoms with Gasteiger partial charge in [-0.1, -0.05) is 0 Å². The molecule has 0 bridgehead atoms. The molecule has 1 rings (SSSR count). The first-order valence-corrected chi connectivity index (χ1v) is 5.03. The summed E-state index contributed by atoms with van der Waals surface area (Å²) in [6, 6.07) is 0.168. The number of aliphatic imine (C=N–C) groups is 1. The molecule has 0 aromatic rings. The Morgan fingerprint density at radius 3 is 2.57 bits per heavy atom. The van der Waals surface area contributed by atoms with Crippen LogP contribution in [0.25, 0.3) is 0 Å². The second-order valence-electron chi connectivity index (χ2n) is 3.83. The maximum Gasteiger partial charge on any atom is 0.235 e. The molecule has 5 heteroatoms. The van der Waals surface area contributed by atoms with Crippen LogP contribution in [0, 0.1) is 5.92 Å². The molecule has 1 amide bonds. The van der Waals surface area contributed by atoms with E-state index in [1.54, 1.807) is 6.08 Å². The van der Waals surface area contributed by atoms with Crippen molar-refractivity contribution in [2.75, 3.05) is 6.54 Å². The number of hydrogen-bond acceptors (Lipinski definition) is 3. The van der Waals surface area contributed by atoms with Crippen LogP contribution >= 0.6 is 0 Å². The third-order valence-corrected chi connectivity index (χ3v) is 2.69. The van der Waals surface area contributed by atoms with Crippen LogP contribution in [0.5, 0.6) is 0 Å². The van der Waals surface area contributed by atoms with Crippen LogP contribution < -0.4 is 5.32 Å². The lowest BCUT2D eigenvalue weighted by Crippen LogP contribution is -2.31. The fourth-order valence-corrected chi connectivity index (χ4v) is 1.84. The monoisotopic (exact) mass is 194 g/mol. The van der Waals surface area contributed by atoms with Gasteiger partial charge in [-0.05, 0) is 31.6 Å². The number of carbonyl (C=O) groups is 1. The van der Waals surface area contributed by atoms with E-state index < -0.39 is 0 Å². The maximum atomic E-state index is 10.7. The van der Waals surface area contributed by atoms with Gasteiger partial charge in [0.25, 0.3) is 0 Å². The average Bonchev–Trinajstić information content (AvgIpc) is 2.17. The summed E-state index contributed by atoms with van der Waals surface area (Å²) in [4.78, 5) is 24.4. The Hall–Kier alpha value is -1.09. The molecular formula is C9H15BN2O2. The number of rotatable bonds is 3. The van der Waals surface area contributed by atoms with Crippen molar-refractivity contribution in [1.29, 1.82) is 0 Å². The van der Waals surface area contributed by atoms with Gasteiger partial charge < -0.3 is 5.32 Å². The van der Waals surface area contributed by atoms with E-state index >= 15 is 0 Å². The van der Waals surface area contributed by atoms with Gasteiger partial charge in [-0.2, -0.15) is 0 Å². The second-order valence-corrected chi connectivity index (χ2v) is 3.83.